The van der Waals surface area contributed by atoms with Gasteiger partial charge in [-0.2, -0.15) is 0 Å². The molecule has 2 bridgehead atoms. The van der Waals surface area contributed by atoms with Gasteiger partial charge < -0.3 is 15.2 Å². The Morgan fingerprint density at radius 2 is 1.95 bits per heavy atom. The van der Waals surface area contributed by atoms with Crippen LogP contribution in [0.5, 0.6) is 0 Å². The monoisotopic (exact) mass is 318 g/mol. The van der Waals surface area contributed by atoms with E-state index < -0.39 is 17.8 Å². The third-order valence-electron chi connectivity index (χ3n) is 4.39. The molecular weight excluding hydrogens is 304 g/mol. The van der Waals surface area contributed by atoms with Crippen molar-refractivity contribution in [2.24, 2.45) is 11.8 Å². The molecule has 0 spiro atoms. The van der Waals surface area contributed by atoms with Crippen LogP contribution < -0.4 is 5.32 Å². The number of carboxylic acid groups (broad SMARTS) is 1. The maximum absolute atomic E-state index is 12.5. The number of fused-ring (bicyclic) bond motifs is 3. The number of anilines is 1. The van der Waals surface area contributed by atoms with Crippen molar-refractivity contribution in [3.05, 3.63) is 24.3 Å². The van der Waals surface area contributed by atoms with Gasteiger partial charge in [-0.25, -0.2) is 4.98 Å². The molecule has 4 atom stereocenters. The zero-order valence-corrected chi connectivity index (χ0v) is 12.4. The third kappa shape index (κ3) is 2.08. The fourth-order valence-electron chi connectivity index (χ4n) is 3.44. The first-order valence-corrected chi connectivity index (χ1v) is 8.00. The van der Waals surface area contributed by atoms with Crippen LogP contribution >= 0.6 is 11.3 Å². The largest absolute Gasteiger partial charge is 0.481 e. The Hall–Kier alpha value is -1.99. The normalized spacial score (nSPS) is 29.8. The zero-order valence-electron chi connectivity index (χ0n) is 11.6. The highest BCUT2D eigenvalue weighted by Gasteiger charge is 2.55. The Balaban J connectivity index is 1.57. The van der Waals surface area contributed by atoms with Crippen molar-refractivity contribution in [3.63, 3.8) is 0 Å². The third-order valence-corrected chi connectivity index (χ3v) is 5.34. The van der Waals surface area contributed by atoms with Gasteiger partial charge >= 0.3 is 5.97 Å². The van der Waals surface area contributed by atoms with Gasteiger partial charge in [0.15, 0.2) is 5.13 Å². The summed E-state index contributed by atoms with van der Waals surface area (Å²) in [6, 6.07) is 7.61. The van der Waals surface area contributed by atoms with Crippen LogP contribution in [0.3, 0.4) is 0 Å². The maximum atomic E-state index is 12.5. The Labute approximate surface area is 130 Å². The molecule has 1 aromatic heterocycles. The number of ether oxygens (including phenoxy) is 1. The van der Waals surface area contributed by atoms with Crippen molar-refractivity contribution >= 4 is 38.6 Å². The van der Waals surface area contributed by atoms with Gasteiger partial charge in [0.2, 0.25) is 5.91 Å². The predicted octanol–water partition coefficient (Wildman–Crippen LogP) is 2.11. The summed E-state index contributed by atoms with van der Waals surface area (Å²) in [6.45, 7) is 0. The molecule has 22 heavy (non-hydrogen) atoms. The van der Waals surface area contributed by atoms with Gasteiger partial charge in [0, 0.05) is 0 Å². The number of aliphatic carboxylic acids is 1. The minimum atomic E-state index is -0.961. The molecule has 4 unspecified atom stereocenters. The summed E-state index contributed by atoms with van der Waals surface area (Å²) < 4.78 is 6.60. The van der Waals surface area contributed by atoms with Gasteiger partial charge in [0.1, 0.15) is 0 Å². The molecule has 2 fully saturated rings. The first-order chi connectivity index (χ1) is 10.6. The molecule has 1 aromatic carbocycles. The van der Waals surface area contributed by atoms with E-state index in [1.54, 1.807) is 0 Å². The van der Waals surface area contributed by atoms with Crippen LogP contribution in [-0.2, 0) is 14.3 Å². The van der Waals surface area contributed by atoms with E-state index in [1.165, 1.54) is 11.3 Å². The minimum Gasteiger partial charge on any atom is -0.481 e. The van der Waals surface area contributed by atoms with E-state index in [0.29, 0.717) is 11.6 Å². The summed E-state index contributed by atoms with van der Waals surface area (Å²) in [4.78, 5) is 28.3. The number of para-hydroxylation sites is 1. The summed E-state index contributed by atoms with van der Waals surface area (Å²) >= 11 is 1.38. The zero-order chi connectivity index (χ0) is 15.3. The lowest BCUT2D eigenvalue weighted by Crippen LogP contribution is -2.40. The van der Waals surface area contributed by atoms with Crippen LogP contribution in [0.4, 0.5) is 5.13 Å². The lowest BCUT2D eigenvalue weighted by molar-refractivity contribution is -0.147. The van der Waals surface area contributed by atoms with Gasteiger partial charge in [-0.05, 0) is 25.0 Å². The van der Waals surface area contributed by atoms with Crippen LogP contribution in [-0.4, -0.2) is 34.2 Å². The van der Waals surface area contributed by atoms with Crippen LogP contribution in [0.25, 0.3) is 10.2 Å². The highest BCUT2D eigenvalue weighted by atomic mass is 32.1. The van der Waals surface area contributed by atoms with E-state index in [-0.39, 0.29) is 18.1 Å². The van der Waals surface area contributed by atoms with E-state index in [4.69, 9.17) is 4.74 Å². The van der Waals surface area contributed by atoms with E-state index in [2.05, 4.69) is 10.3 Å². The molecule has 2 N–H and O–H groups in total. The van der Waals surface area contributed by atoms with Gasteiger partial charge in [0.05, 0.1) is 34.3 Å². The first-order valence-electron chi connectivity index (χ1n) is 7.18. The van der Waals surface area contributed by atoms with Gasteiger partial charge in [-0.15, -0.1) is 0 Å². The quantitative estimate of drug-likeness (QED) is 0.905. The first kappa shape index (κ1) is 13.7. The Morgan fingerprint density at radius 1 is 1.23 bits per heavy atom. The average molecular weight is 318 g/mol. The van der Waals surface area contributed by atoms with Crippen LogP contribution in [0.1, 0.15) is 12.8 Å². The van der Waals surface area contributed by atoms with Crippen LogP contribution in [0, 0.1) is 11.8 Å². The van der Waals surface area contributed by atoms with E-state index in [1.807, 2.05) is 24.3 Å². The Morgan fingerprint density at radius 3 is 2.68 bits per heavy atom. The van der Waals surface area contributed by atoms with Gasteiger partial charge in [-0.3, -0.25) is 9.59 Å². The summed E-state index contributed by atoms with van der Waals surface area (Å²) in [5.41, 5.74) is 0.821. The number of benzene rings is 1. The summed E-state index contributed by atoms with van der Waals surface area (Å²) in [6.07, 6.45) is 0.827. The molecule has 0 saturated carbocycles. The number of amides is 1. The summed E-state index contributed by atoms with van der Waals surface area (Å²) in [5.74, 6) is -2.66. The second-order valence-electron chi connectivity index (χ2n) is 5.66. The number of carbonyl (C=O) groups excluding carboxylic acids is 1. The number of nitrogens with one attached hydrogen (secondary N) is 1. The van der Waals surface area contributed by atoms with Crippen molar-refractivity contribution in [2.45, 2.75) is 25.0 Å². The summed E-state index contributed by atoms with van der Waals surface area (Å²) in [5, 5.41) is 12.6. The number of rotatable bonds is 3. The molecule has 1 amide bonds. The van der Waals surface area contributed by atoms with Crippen molar-refractivity contribution in [1.82, 2.24) is 4.98 Å². The number of aromatic nitrogens is 1. The van der Waals surface area contributed by atoms with E-state index in [9.17, 15) is 14.7 Å². The Kier molecular flexibility index (Phi) is 3.12. The predicted molar refractivity (Wildman–Crippen MR) is 80.8 cm³/mol. The van der Waals surface area contributed by atoms with Crippen LogP contribution in [0.15, 0.2) is 24.3 Å². The van der Waals surface area contributed by atoms with E-state index >= 15 is 0 Å². The van der Waals surface area contributed by atoms with Crippen molar-refractivity contribution in [1.29, 1.82) is 0 Å². The number of hydrogen-bond donors (Lipinski definition) is 2. The second kappa shape index (κ2) is 5.03. The maximum Gasteiger partial charge on any atom is 0.310 e. The molecule has 2 aromatic rings. The minimum absolute atomic E-state index is 0.291. The fraction of sp³-hybridized carbons (Fsp3) is 0.400. The Bertz CT molecular complexity index is 726. The molecule has 2 saturated heterocycles. The number of carboxylic acids is 1. The number of hydrogen-bond acceptors (Lipinski definition) is 5. The molecule has 0 radical (unpaired) electrons. The molecule has 7 heteroatoms. The van der Waals surface area contributed by atoms with Crippen molar-refractivity contribution in [3.8, 4) is 0 Å². The highest BCUT2D eigenvalue weighted by molar-refractivity contribution is 7.22. The van der Waals surface area contributed by atoms with Crippen molar-refractivity contribution < 1.29 is 19.4 Å². The average Bonchev–Trinajstić information content (AvgIpc) is 3.19. The fourth-order valence-corrected chi connectivity index (χ4v) is 4.31. The lowest BCUT2D eigenvalue weighted by atomic mass is 9.79. The van der Waals surface area contributed by atoms with Gasteiger partial charge in [0.25, 0.3) is 0 Å². The number of nitrogens with zero attached hydrogens (tertiary/aromatic N) is 1. The molecule has 0 aliphatic carbocycles. The van der Waals surface area contributed by atoms with Crippen LogP contribution in [0.2, 0.25) is 0 Å². The summed E-state index contributed by atoms with van der Waals surface area (Å²) in [7, 11) is 0. The SMILES string of the molecule is O=C(O)C1C2CCC(O2)C1C(=O)Nc1nc2ccccc2s1. The smallest absolute Gasteiger partial charge is 0.310 e. The molecule has 2 aliphatic heterocycles. The highest BCUT2D eigenvalue weighted by Crippen LogP contribution is 2.44. The van der Waals surface area contributed by atoms with Crippen molar-refractivity contribution in [2.75, 3.05) is 5.32 Å². The number of thiazole rings is 1. The standard InChI is InChI=1S/C15H14N2O4S/c18-13(11-8-5-6-9(21-8)12(11)14(19)20)17-15-16-7-3-1-2-4-10(7)22-15/h1-4,8-9,11-12H,5-6H2,(H,19,20)(H,16,17,18). The van der Waals surface area contributed by atoms with Gasteiger partial charge in [-0.1, -0.05) is 23.5 Å². The van der Waals surface area contributed by atoms with E-state index in [0.717, 1.165) is 16.6 Å². The molecule has 4 rings (SSSR count). The molecule has 2 aliphatic rings. The molecule has 3 heterocycles. The second-order valence-corrected chi connectivity index (χ2v) is 6.69. The molecule has 6 nitrogen and oxygen atoms in total. The molecular formula is C15H14N2O4S. The molecule has 114 valence electrons. The number of carbonyl (C=O) groups is 2. The topological polar surface area (TPSA) is 88.5 Å². The lowest BCUT2D eigenvalue weighted by Gasteiger charge is -2.23.